The third-order valence-electron chi connectivity index (χ3n) is 3.38. The molecule has 0 saturated carbocycles. The zero-order chi connectivity index (χ0) is 14.7. The van der Waals surface area contributed by atoms with Crippen LogP contribution >= 0.6 is 0 Å². The summed E-state index contributed by atoms with van der Waals surface area (Å²) in [5.41, 5.74) is 3.40. The molecule has 1 atom stereocenters. The summed E-state index contributed by atoms with van der Waals surface area (Å²) in [6.45, 7) is 9.16. The fraction of sp³-hybridized carbons (Fsp3) is 0.500. The summed E-state index contributed by atoms with van der Waals surface area (Å²) in [7, 11) is 1.59. The van der Waals surface area contributed by atoms with Gasteiger partial charge in [-0.05, 0) is 27.7 Å². The Morgan fingerprint density at radius 3 is 2.60 bits per heavy atom. The van der Waals surface area contributed by atoms with Gasteiger partial charge in [0.2, 0.25) is 0 Å². The molecule has 0 aliphatic carbocycles. The Labute approximate surface area is 119 Å². The van der Waals surface area contributed by atoms with E-state index < -0.39 is 0 Å². The van der Waals surface area contributed by atoms with Crippen LogP contribution in [0.25, 0.3) is 0 Å². The first kappa shape index (κ1) is 14.3. The predicted octanol–water partition coefficient (Wildman–Crippen LogP) is 2.49. The normalized spacial score (nSPS) is 12.2. The Bertz CT molecular complexity index is 593. The van der Waals surface area contributed by atoms with Crippen LogP contribution in [0.3, 0.4) is 0 Å². The summed E-state index contributed by atoms with van der Waals surface area (Å²) >= 11 is 0. The zero-order valence-corrected chi connectivity index (χ0v) is 12.6. The molecule has 1 unspecified atom stereocenters. The highest BCUT2D eigenvalue weighted by molar-refractivity contribution is 5.47. The van der Waals surface area contributed by atoms with Gasteiger partial charge in [-0.2, -0.15) is 5.10 Å². The van der Waals surface area contributed by atoms with Crippen molar-refractivity contribution in [1.29, 1.82) is 0 Å². The number of methoxy groups -OCH3 is 1. The lowest BCUT2D eigenvalue weighted by Gasteiger charge is -2.16. The summed E-state index contributed by atoms with van der Waals surface area (Å²) in [6.07, 6.45) is 3.26. The van der Waals surface area contributed by atoms with Gasteiger partial charge in [-0.15, -0.1) is 0 Å². The molecule has 2 aromatic rings. The second-order valence-electron chi connectivity index (χ2n) is 4.68. The van der Waals surface area contributed by atoms with Crippen molar-refractivity contribution in [3.05, 3.63) is 29.3 Å². The van der Waals surface area contributed by atoms with Crippen LogP contribution in [-0.4, -0.2) is 26.9 Å². The first-order valence-electron chi connectivity index (χ1n) is 6.73. The number of hydrogen-bond acceptors (Lipinski definition) is 5. The van der Waals surface area contributed by atoms with Gasteiger partial charge in [0.25, 0.3) is 5.88 Å². The summed E-state index contributed by atoms with van der Waals surface area (Å²) in [5, 5.41) is 7.89. The molecule has 108 valence electrons. The highest BCUT2D eigenvalue weighted by Crippen LogP contribution is 2.27. The molecule has 0 aliphatic heterocycles. The third-order valence-corrected chi connectivity index (χ3v) is 3.38. The summed E-state index contributed by atoms with van der Waals surface area (Å²) in [4.78, 5) is 8.42. The van der Waals surface area contributed by atoms with E-state index in [1.165, 1.54) is 11.3 Å². The second-order valence-corrected chi connectivity index (χ2v) is 4.68. The fourth-order valence-electron chi connectivity index (χ4n) is 2.50. The molecular formula is C14H21N5O. The van der Waals surface area contributed by atoms with E-state index in [0.717, 1.165) is 12.2 Å². The first-order valence-corrected chi connectivity index (χ1v) is 6.73. The van der Waals surface area contributed by atoms with Gasteiger partial charge in [0.15, 0.2) is 5.82 Å². The van der Waals surface area contributed by atoms with Crippen molar-refractivity contribution in [3.63, 3.8) is 0 Å². The van der Waals surface area contributed by atoms with Crippen molar-refractivity contribution < 1.29 is 4.74 Å². The van der Waals surface area contributed by atoms with Crippen molar-refractivity contribution in [2.75, 3.05) is 12.4 Å². The number of hydrogen-bond donors (Lipinski definition) is 1. The number of anilines is 1. The number of ether oxygens (including phenoxy) is 1. The first-order chi connectivity index (χ1) is 9.58. The Morgan fingerprint density at radius 2 is 2.00 bits per heavy atom. The van der Waals surface area contributed by atoms with E-state index in [1.54, 1.807) is 19.5 Å². The summed E-state index contributed by atoms with van der Waals surface area (Å²) < 4.78 is 7.22. The van der Waals surface area contributed by atoms with E-state index in [9.17, 15) is 0 Å². The third kappa shape index (κ3) is 2.59. The molecule has 0 aliphatic rings. The van der Waals surface area contributed by atoms with Gasteiger partial charge in [0.05, 0.1) is 18.8 Å². The van der Waals surface area contributed by atoms with Crippen molar-refractivity contribution in [2.45, 2.75) is 40.3 Å². The number of aryl methyl sites for hydroxylation is 2. The van der Waals surface area contributed by atoms with E-state index in [0.29, 0.717) is 11.7 Å². The quantitative estimate of drug-likeness (QED) is 0.908. The van der Waals surface area contributed by atoms with Gasteiger partial charge >= 0.3 is 0 Å². The minimum atomic E-state index is 0.0842. The van der Waals surface area contributed by atoms with Crippen molar-refractivity contribution >= 4 is 5.82 Å². The van der Waals surface area contributed by atoms with Gasteiger partial charge in [0.1, 0.15) is 0 Å². The van der Waals surface area contributed by atoms with E-state index in [4.69, 9.17) is 4.74 Å². The van der Waals surface area contributed by atoms with Crippen LogP contribution in [0.1, 0.15) is 36.8 Å². The van der Waals surface area contributed by atoms with Crippen LogP contribution in [0, 0.1) is 13.8 Å². The average Bonchev–Trinajstić information content (AvgIpc) is 2.73. The Kier molecular flexibility index (Phi) is 4.22. The zero-order valence-electron chi connectivity index (χ0n) is 12.6. The van der Waals surface area contributed by atoms with Crippen LogP contribution in [0.15, 0.2) is 12.4 Å². The number of nitrogens with one attached hydrogen (secondary N) is 1. The Hall–Kier alpha value is -2.11. The van der Waals surface area contributed by atoms with Crippen LogP contribution < -0.4 is 10.1 Å². The van der Waals surface area contributed by atoms with Gasteiger partial charge in [0, 0.05) is 30.2 Å². The van der Waals surface area contributed by atoms with Gasteiger partial charge in [-0.3, -0.25) is 4.68 Å². The lowest BCUT2D eigenvalue weighted by molar-refractivity contribution is 0.397. The lowest BCUT2D eigenvalue weighted by Crippen LogP contribution is -2.11. The molecule has 20 heavy (non-hydrogen) atoms. The highest BCUT2D eigenvalue weighted by Gasteiger charge is 2.18. The molecule has 0 aromatic carbocycles. The molecule has 2 rings (SSSR count). The Morgan fingerprint density at radius 1 is 1.30 bits per heavy atom. The molecule has 0 saturated heterocycles. The molecule has 1 N–H and O–H groups in total. The molecule has 2 heterocycles. The minimum Gasteiger partial charge on any atom is -0.478 e. The maximum atomic E-state index is 5.21. The fourth-order valence-corrected chi connectivity index (χ4v) is 2.50. The van der Waals surface area contributed by atoms with E-state index in [2.05, 4.69) is 41.2 Å². The van der Waals surface area contributed by atoms with Crippen molar-refractivity contribution in [3.8, 4) is 5.88 Å². The maximum Gasteiger partial charge on any atom is 0.257 e. The standard InChI is InChI=1S/C14H21N5O/c1-6-19-11(4)12(10(3)18-19)9(2)17-13-14(20-5)16-8-7-15-13/h7-9H,6H2,1-5H3,(H,15,17). The van der Waals surface area contributed by atoms with Crippen molar-refractivity contribution in [2.24, 2.45) is 0 Å². The predicted molar refractivity (Wildman–Crippen MR) is 78.0 cm³/mol. The summed E-state index contributed by atoms with van der Waals surface area (Å²) in [5.74, 6) is 1.14. The SMILES string of the molecule is CCn1nc(C)c(C(C)Nc2nccnc2OC)c1C. The smallest absolute Gasteiger partial charge is 0.257 e. The number of nitrogens with zero attached hydrogens (tertiary/aromatic N) is 4. The van der Waals surface area contributed by atoms with Gasteiger partial charge in [-0.1, -0.05) is 0 Å². The molecular weight excluding hydrogens is 254 g/mol. The lowest BCUT2D eigenvalue weighted by atomic mass is 10.1. The Balaban J connectivity index is 2.28. The van der Waals surface area contributed by atoms with Crippen LogP contribution in [0.2, 0.25) is 0 Å². The molecule has 0 bridgehead atoms. The minimum absolute atomic E-state index is 0.0842. The van der Waals surface area contributed by atoms with E-state index >= 15 is 0 Å². The monoisotopic (exact) mass is 275 g/mol. The number of rotatable bonds is 5. The molecule has 0 fully saturated rings. The average molecular weight is 275 g/mol. The van der Waals surface area contributed by atoms with Crippen LogP contribution in [0.5, 0.6) is 5.88 Å². The van der Waals surface area contributed by atoms with E-state index in [-0.39, 0.29) is 6.04 Å². The largest absolute Gasteiger partial charge is 0.478 e. The van der Waals surface area contributed by atoms with Crippen LogP contribution in [0.4, 0.5) is 5.82 Å². The van der Waals surface area contributed by atoms with Crippen molar-refractivity contribution in [1.82, 2.24) is 19.7 Å². The highest BCUT2D eigenvalue weighted by atomic mass is 16.5. The molecule has 6 heteroatoms. The van der Waals surface area contributed by atoms with Crippen LogP contribution in [-0.2, 0) is 6.54 Å². The molecule has 6 nitrogen and oxygen atoms in total. The topological polar surface area (TPSA) is 64.9 Å². The second kappa shape index (κ2) is 5.90. The molecule has 0 spiro atoms. The van der Waals surface area contributed by atoms with Gasteiger partial charge in [-0.25, -0.2) is 9.97 Å². The molecule has 0 amide bonds. The molecule has 0 radical (unpaired) electrons. The molecule has 2 aromatic heterocycles. The summed E-state index contributed by atoms with van der Waals surface area (Å²) in [6, 6.07) is 0.0842. The maximum absolute atomic E-state index is 5.21. The van der Waals surface area contributed by atoms with E-state index in [1.807, 2.05) is 11.6 Å². The van der Waals surface area contributed by atoms with Gasteiger partial charge < -0.3 is 10.1 Å². The number of aromatic nitrogens is 4.